The Balaban J connectivity index is 2.29. The molecule has 1 fully saturated rings. The lowest BCUT2D eigenvalue weighted by Crippen LogP contribution is -2.46. The summed E-state index contributed by atoms with van der Waals surface area (Å²) in [6.45, 7) is 5.51. The second-order valence-electron chi connectivity index (χ2n) is 5.26. The number of rotatable bonds is 2. The fourth-order valence-corrected chi connectivity index (χ4v) is 3.68. The van der Waals surface area contributed by atoms with Crippen LogP contribution in [0.15, 0.2) is 22.7 Å². The molecule has 2 rings (SSSR count). The highest BCUT2D eigenvalue weighted by molar-refractivity contribution is 9.10. The predicted molar refractivity (Wildman–Crippen MR) is 83.2 cm³/mol. The zero-order chi connectivity index (χ0) is 14.9. The number of nitro groups is 1. The minimum Gasteiger partial charge on any atom is -0.336 e. The molecule has 0 aromatic heterocycles. The van der Waals surface area contributed by atoms with Gasteiger partial charge >= 0.3 is 0 Å². The van der Waals surface area contributed by atoms with Crippen LogP contribution in [0.3, 0.4) is 0 Å². The molecule has 1 aliphatic rings. The minimum atomic E-state index is -0.487. The first-order valence-corrected chi connectivity index (χ1v) is 7.95. The fraction of sp³-hybridized carbons (Fsp3) is 0.462. The van der Waals surface area contributed by atoms with Crippen LogP contribution >= 0.6 is 27.7 Å². The third kappa shape index (κ3) is 3.32. The highest BCUT2D eigenvalue weighted by Crippen LogP contribution is 2.31. The summed E-state index contributed by atoms with van der Waals surface area (Å²) in [6.07, 6.45) is 0. The van der Waals surface area contributed by atoms with Gasteiger partial charge in [0.1, 0.15) is 0 Å². The van der Waals surface area contributed by atoms with Crippen LogP contribution in [-0.2, 0) is 0 Å². The van der Waals surface area contributed by atoms with Gasteiger partial charge in [0.25, 0.3) is 11.6 Å². The summed E-state index contributed by atoms with van der Waals surface area (Å²) >= 11 is 5.14. The third-order valence-electron chi connectivity index (χ3n) is 3.10. The molecule has 20 heavy (non-hydrogen) atoms. The first-order chi connectivity index (χ1) is 9.30. The first-order valence-electron chi connectivity index (χ1n) is 6.17. The lowest BCUT2D eigenvalue weighted by Gasteiger charge is -2.37. The Hall–Kier alpha value is -1.08. The molecule has 0 saturated carbocycles. The Morgan fingerprint density at radius 1 is 1.50 bits per heavy atom. The van der Waals surface area contributed by atoms with E-state index >= 15 is 0 Å². The van der Waals surface area contributed by atoms with Crippen molar-refractivity contribution in [1.82, 2.24) is 4.90 Å². The minimum absolute atomic E-state index is 0.0150. The smallest absolute Gasteiger partial charge is 0.270 e. The zero-order valence-corrected chi connectivity index (χ0v) is 13.7. The summed E-state index contributed by atoms with van der Waals surface area (Å²) in [6, 6.07) is 4.27. The highest BCUT2D eigenvalue weighted by atomic mass is 79.9. The number of hydrogen-bond donors (Lipinski definition) is 0. The van der Waals surface area contributed by atoms with E-state index in [-0.39, 0.29) is 16.3 Å². The van der Waals surface area contributed by atoms with Crippen molar-refractivity contribution in [3.8, 4) is 0 Å². The molecule has 7 heteroatoms. The number of nitro benzene ring substituents is 1. The van der Waals surface area contributed by atoms with Gasteiger partial charge in [0.15, 0.2) is 0 Å². The molecule has 108 valence electrons. The largest absolute Gasteiger partial charge is 0.336 e. The van der Waals surface area contributed by atoms with E-state index in [2.05, 4.69) is 29.8 Å². The molecule has 1 heterocycles. The van der Waals surface area contributed by atoms with E-state index in [0.29, 0.717) is 23.1 Å². The van der Waals surface area contributed by atoms with Crippen LogP contribution in [-0.4, -0.2) is 39.3 Å². The predicted octanol–water partition coefficient (Wildman–Crippen LogP) is 3.32. The van der Waals surface area contributed by atoms with Crippen LogP contribution in [0.4, 0.5) is 5.69 Å². The second-order valence-corrected chi connectivity index (χ2v) is 7.91. The molecular weight excluding hydrogens is 344 g/mol. The van der Waals surface area contributed by atoms with Crippen LogP contribution < -0.4 is 0 Å². The van der Waals surface area contributed by atoms with E-state index in [9.17, 15) is 14.9 Å². The van der Waals surface area contributed by atoms with Gasteiger partial charge in [-0.15, -0.1) is 0 Å². The molecule has 1 saturated heterocycles. The van der Waals surface area contributed by atoms with Crippen LogP contribution in [0.5, 0.6) is 0 Å². The Kier molecular flexibility index (Phi) is 4.39. The first kappa shape index (κ1) is 15.3. The molecule has 0 bridgehead atoms. The fourth-order valence-electron chi connectivity index (χ4n) is 2.15. The standard InChI is InChI=1S/C13H15BrN2O3S/c1-13(2)8-15(5-6-20-13)12(17)10-7-9(16(18)19)3-4-11(10)14/h3-4,7H,5-6,8H2,1-2H3. The molecule has 0 unspecified atom stereocenters. The van der Waals surface area contributed by atoms with Crippen molar-refractivity contribution in [2.75, 3.05) is 18.8 Å². The average molecular weight is 359 g/mol. The molecule has 0 N–H and O–H groups in total. The summed E-state index contributed by atoms with van der Waals surface area (Å²) < 4.78 is 0.602. The number of non-ortho nitro benzene ring substituents is 1. The molecule has 0 atom stereocenters. The zero-order valence-electron chi connectivity index (χ0n) is 11.3. The Bertz CT molecular complexity index is 563. The topological polar surface area (TPSA) is 63.5 Å². The Morgan fingerprint density at radius 3 is 2.80 bits per heavy atom. The number of carbonyl (C=O) groups excluding carboxylic acids is 1. The van der Waals surface area contributed by atoms with Gasteiger partial charge in [0.2, 0.25) is 0 Å². The van der Waals surface area contributed by atoms with Gasteiger partial charge in [-0.25, -0.2) is 0 Å². The van der Waals surface area contributed by atoms with Gasteiger partial charge < -0.3 is 4.90 Å². The lowest BCUT2D eigenvalue weighted by molar-refractivity contribution is -0.384. The SMILES string of the molecule is CC1(C)CN(C(=O)c2cc([N+](=O)[O-])ccc2Br)CCS1. The molecule has 0 aliphatic carbocycles. The van der Waals surface area contributed by atoms with Crippen molar-refractivity contribution in [3.63, 3.8) is 0 Å². The molecular formula is C13H15BrN2O3S. The van der Waals surface area contributed by atoms with E-state index in [1.54, 1.807) is 11.0 Å². The van der Waals surface area contributed by atoms with E-state index in [4.69, 9.17) is 0 Å². The molecule has 1 amide bonds. The summed E-state index contributed by atoms with van der Waals surface area (Å²) in [5, 5.41) is 10.8. The summed E-state index contributed by atoms with van der Waals surface area (Å²) in [5.41, 5.74) is 0.282. The molecule has 0 spiro atoms. The van der Waals surface area contributed by atoms with E-state index < -0.39 is 4.92 Å². The molecule has 0 radical (unpaired) electrons. The van der Waals surface area contributed by atoms with E-state index in [1.165, 1.54) is 12.1 Å². The van der Waals surface area contributed by atoms with Crippen LogP contribution in [0.25, 0.3) is 0 Å². The monoisotopic (exact) mass is 358 g/mol. The summed E-state index contributed by atoms with van der Waals surface area (Å²) in [5.74, 6) is 0.722. The van der Waals surface area contributed by atoms with Gasteiger partial charge in [-0.1, -0.05) is 0 Å². The van der Waals surface area contributed by atoms with Crippen LogP contribution in [0.1, 0.15) is 24.2 Å². The van der Waals surface area contributed by atoms with Gasteiger partial charge in [0.05, 0.1) is 10.5 Å². The quantitative estimate of drug-likeness (QED) is 0.600. The van der Waals surface area contributed by atoms with Crippen molar-refractivity contribution >= 4 is 39.3 Å². The number of amides is 1. The molecule has 1 aromatic carbocycles. The van der Waals surface area contributed by atoms with Crippen molar-refractivity contribution in [1.29, 1.82) is 0 Å². The lowest BCUT2D eigenvalue weighted by atomic mass is 10.1. The summed E-state index contributed by atoms with van der Waals surface area (Å²) in [4.78, 5) is 24.7. The Labute approximate surface area is 130 Å². The van der Waals surface area contributed by atoms with Gasteiger partial charge in [-0.05, 0) is 35.8 Å². The van der Waals surface area contributed by atoms with Crippen LogP contribution in [0, 0.1) is 10.1 Å². The normalized spacial score (nSPS) is 17.9. The third-order valence-corrected chi connectivity index (χ3v) is 5.09. The van der Waals surface area contributed by atoms with E-state index in [0.717, 1.165) is 5.75 Å². The number of thioether (sulfide) groups is 1. The van der Waals surface area contributed by atoms with Crippen molar-refractivity contribution < 1.29 is 9.72 Å². The molecule has 1 aromatic rings. The van der Waals surface area contributed by atoms with Crippen molar-refractivity contribution in [2.45, 2.75) is 18.6 Å². The van der Waals surface area contributed by atoms with Crippen molar-refractivity contribution in [2.24, 2.45) is 0 Å². The van der Waals surface area contributed by atoms with E-state index in [1.807, 2.05) is 11.8 Å². The second kappa shape index (κ2) is 5.73. The number of benzene rings is 1. The summed E-state index contributed by atoms with van der Waals surface area (Å²) in [7, 11) is 0. The van der Waals surface area contributed by atoms with Gasteiger partial charge in [-0.3, -0.25) is 14.9 Å². The number of halogens is 1. The maximum Gasteiger partial charge on any atom is 0.270 e. The molecule has 5 nitrogen and oxygen atoms in total. The Morgan fingerprint density at radius 2 is 2.20 bits per heavy atom. The van der Waals surface area contributed by atoms with Gasteiger partial charge in [-0.2, -0.15) is 11.8 Å². The van der Waals surface area contributed by atoms with Crippen LogP contribution in [0.2, 0.25) is 0 Å². The number of hydrogen-bond acceptors (Lipinski definition) is 4. The van der Waals surface area contributed by atoms with Gasteiger partial charge in [0, 0.05) is 40.2 Å². The van der Waals surface area contributed by atoms with Crippen molar-refractivity contribution in [3.05, 3.63) is 38.3 Å². The maximum absolute atomic E-state index is 12.5. The number of carbonyl (C=O) groups is 1. The highest BCUT2D eigenvalue weighted by Gasteiger charge is 2.31. The number of nitrogens with zero attached hydrogens (tertiary/aromatic N) is 2. The maximum atomic E-state index is 12.5. The molecule has 1 aliphatic heterocycles. The average Bonchev–Trinajstić information content (AvgIpc) is 2.37.